The van der Waals surface area contributed by atoms with Crippen molar-refractivity contribution in [2.75, 3.05) is 0 Å². The number of hydrogen-bond donors (Lipinski definition) is 0. The van der Waals surface area contributed by atoms with E-state index in [1.165, 1.54) is 37.7 Å². The zero-order chi connectivity index (χ0) is 15.5. The number of rotatable bonds is 4. The first kappa shape index (κ1) is 14.8. The summed E-state index contributed by atoms with van der Waals surface area (Å²) in [7, 11) is 0. The predicted octanol–water partition coefficient (Wildman–Crippen LogP) is 4.98. The van der Waals surface area contributed by atoms with Crippen LogP contribution in [0.3, 0.4) is 0 Å². The molecule has 1 aliphatic carbocycles. The van der Waals surface area contributed by atoms with Gasteiger partial charge in [0.2, 0.25) is 0 Å². The van der Waals surface area contributed by atoms with E-state index in [-0.39, 0.29) is 4.87 Å². The standard InChI is InChI=1S/C19H21N3S/c1-3-9-16(10-4-1)15-23-19(13-7-2-8-14-19)22-18-12-6-5-11-17(18)20-21-22/h1,3-6,9-12H,2,7-8,13-15H2. The van der Waals surface area contributed by atoms with Crippen LogP contribution in [0, 0.1) is 0 Å². The largest absolute Gasteiger partial charge is 0.229 e. The molecule has 0 saturated heterocycles. The van der Waals surface area contributed by atoms with Gasteiger partial charge in [-0.05, 0) is 30.5 Å². The zero-order valence-corrected chi connectivity index (χ0v) is 14.0. The van der Waals surface area contributed by atoms with Gasteiger partial charge in [0, 0.05) is 5.75 Å². The Morgan fingerprint density at radius 3 is 2.48 bits per heavy atom. The number of fused-ring (bicyclic) bond motifs is 1. The summed E-state index contributed by atoms with van der Waals surface area (Å²) < 4.78 is 2.20. The van der Waals surface area contributed by atoms with Crippen LogP contribution in [0.5, 0.6) is 0 Å². The molecule has 0 amide bonds. The Kier molecular flexibility index (Phi) is 4.08. The number of hydrogen-bond acceptors (Lipinski definition) is 3. The van der Waals surface area contributed by atoms with Crippen molar-refractivity contribution in [3.63, 3.8) is 0 Å². The van der Waals surface area contributed by atoms with E-state index < -0.39 is 0 Å². The molecule has 0 aliphatic heterocycles. The second-order valence-corrected chi connectivity index (χ2v) is 7.61. The maximum Gasteiger partial charge on any atom is 0.113 e. The van der Waals surface area contributed by atoms with Crippen LogP contribution in [0.25, 0.3) is 11.0 Å². The summed E-state index contributed by atoms with van der Waals surface area (Å²) in [4.78, 5) is 0.0458. The van der Waals surface area contributed by atoms with Crippen LogP contribution in [0.2, 0.25) is 0 Å². The quantitative estimate of drug-likeness (QED) is 0.678. The second kappa shape index (κ2) is 6.36. The highest BCUT2D eigenvalue weighted by molar-refractivity contribution is 7.99. The van der Waals surface area contributed by atoms with Crippen molar-refractivity contribution in [1.29, 1.82) is 0 Å². The summed E-state index contributed by atoms with van der Waals surface area (Å²) in [6.07, 6.45) is 6.24. The summed E-state index contributed by atoms with van der Waals surface area (Å²) in [6.45, 7) is 0. The smallest absolute Gasteiger partial charge is 0.113 e. The summed E-state index contributed by atoms with van der Waals surface area (Å²) in [5.41, 5.74) is 3.54. The van der Waals surface area contributed by atoms with Gasteiger partial charge in [-0.2, -0.15) is 0 Å². The molecule has 1 aliphatic rings. The van der Waals surface area contributed by atoms with Crippen LogP contribution in [-0.2, 0) is 10.6 Å². The Morgan fingerprint density at radius 2 is 1.65 bits per heavy atom. The fourth-order valence-electron chi connectivity index (χ4n) is 3.48. The summed E-state index contributed by atoms with van der Waals surface area (Å²) >= 11 is 2.03. The fourth-order valence-corrected chi connectivity index (χ4v) is 4.95. The van der Waals surface area contributed by atoms with Gasteiger partial charge in [-0.1, -0.05) is 66.9 Å². The number of aromatic nitrogens is 3. The molecule has 1 saturated carbocycles. The number of benzene rings is 2. The van der Waals surface area contributed by atoms with Gasteiger partial charge >= 0.3 is 0 Å². The highest BCUT2D eigenvalue weighted by atomic mass is 32.2. The molecule has 0 atom stereocenters. The van der Waals surface area contributed by atoms with Gasteiger partial charge in [0.15, 0.2) is 0 Å². The molecular formula is C19H21N3S. The molecule has 118 valence electrons. The first-order chi connectivity index (χ1) is 11.4. The molecule has 0 radical (unpaired) electrons. The van der Waals surface area contributed by atoms with Crippen molar-refractivity contribution in [1.82, 2.24) is 15.0 Å². The van der Waals surface area contributed by atoms with Crippen LogP contribution in [0.15, 0.2) is 54.6 Å². The molecule has 0 bridgehead atoms. The lowest BCUT2D eigenvalue weighted by atomic mass is 9.94. The van der Waals surface area contributed by atoms with Crippen molar-refractivity contribution in [3.05, 3.63) is 60.2 Å². The van der Waals surface area contributed by atoms with Crippen LogP contribution < -0.4 is 0 Å². The molecule has 4 rings (SSSR count). The zero-order valence-electron chi connectivity index (χ0n) is 13.2. The molecule has 1 fully saturated rings. The lowest BCUT2D eigenvalue weighted by Gasteiger charge is -2.37. The maximum absolute atomic E-state index is 4.55. The van der Waals surface area contributed by atoms with E-state index >= 15 is 0 Å². The van der Waals surface area contributed by atoms with Gasteiger partial charge < -0.3 is 0 Å². The van der Waals surface area contributed by atoms with Gasteiger partial charge in [0.1, 0.15) is 10.4 Å². The Balaban J connectivity index is 1.68. The molecule has 0 N–H and O–H groups in total. The third-order valence-electron chi connectivity index (χ3n) is 4.72. The molecular weight excluding hydrogens is 302 g/mol. The van der Waals surface area contributed by atoms with E-state index in [1.807, 2.05) is 17.8 Å². The lowest BCUT2D eigenvalue weighted by Crippen LogP contribution is -2.33. The van der Waals surface area contributed by atoms with Crippen molar-refractivity contribution in [3.8, 4) is 0 Å². The predicted molar refractivity (Wildman–Crippen MR) is 96.3 cm³/mol. The van der Waals surface area contributed by atoms with Gasteiger partial charge in [-0.3, -0.25) is 0 Å². The van der Waals surface area contributed by atoms with Crippen LogP contribution in [0.1, 0.15) is 37.7 Å². The third-order valence-corrected chi connectivity index (χ3v) is 6.32. The van der Waals surface area contributed by atoms with E-state index in [0.717, 1.165) is 16.8 Å². The second-order valence-electron chi connectivity index (χ2n) is 6.27. The number of para-hydroxylation sites is 1. The Hall–Kier alpha value is -1.81. The molecule has 1 aromatic heterocycles. The third kappa shape index (κ3) is 2.88. The summed E-state index contributed by atoms with van der Waals surface area (Å²) in [5, 5.41) is 8.94. The molecule has 2 aromatic carbocycles. The Morgan fingerprint density at radius 1 is 0.913 bits per heavy atom. The van der Waals surface area contributed by atoms with E-state index in [0.29, 0.717) is 0 Å². The minimum absolute atomic E-state index is 0.0458. The molecule has 3 nitrogen and oxygen atoms in total. The van der Waals surface area contributed by atoms with Gasteiger partial charge in [0.25, 0.3) is 0 Å². The molecule has 4 heteroatoms. The minimum atomic E-state index is 0.0458. The SMILES string of the molecule is c1ccc(CSC2(n3nnc4ccccc43)CCCCC2)cc1. The minimum Gasteiger partial charge on any atom is -0.229 e. The first-order valence-electron chi connectivity index (χ1n) is 8.36. The Labute approximate surface area is 141 Å². The lowest BCUT2D eigenvalue weighted by molar-refractivity contribution is 0.290. The monoisotopic (exact) mass is 323 g/mol. The normalized spacial score (nSPS) is 17.4. The van der Waals surface area contributed by atoms with Crippen LogP contribution in [0.4, 0.5) is 0 Å². The average molecular weight is 323 g/mol. The van der Waals surface area contributed by atoms with Gasteiger partial charge in [0.05, 0.1) is 5.52 Å². The molecule has 23 heavy (non-hydrogen) atoms. The number of nitrogens with zero attached hydrogens (tertiary/aromatic N) is 3. The Bertz CT molecular complexity index is 775. The maximum atomic E-state index is 4.55. The van der Waals surface area contributed by atoms with E-state index in [4.69, 9.17) is 0 Å². The van der Waals surface area contributed by atoms with E-state index in [9.17, 15) is 0 Å². The molecule has 3 aromatic rings. The molecule has 1 heterocycles. The molecule has 0 unspecified atom stereocenters. The highest BCUT2D eigenvalue weighted by Gasteiger charge is 2.36. The molecule has 0 spiro atoms. The van der Waals surface area contributed by atoms with Crippen molar-refractivity contribution in [2.45, 2.75) is 42.7 Å². The summed E-state index contributed by atoms with van der Waals surface area (Å²) in [6, 6.07) is 19.1. The van der Waals surface area contributed by atoms with Crippen LogP contribution in [-0.4, -0.2) is 15.0 Å². The van der Waals surface area contributed by atoms with Crippen molar-refractivity contribution < 1.29 is 0 Å². The fraction of sp³-hybridized carbons (Fsp3) is 0.368. The van der Waals surface area contributed by atoms with Crippen LogP contribution >= 0.6 is 11.8 Å². The van der Waals surface area contributed by atoms with Crippen molar-refractivity contribution in [2.24, 2.45) is 0 Å². The average Bonchev–Trinajstić information content (AvgIpc) is 3.06. The van der Waals surface area contributed by atoms with E-state index in [1.54, 1.807) is 0 Å². The number of thioether (sulfide) groups is 1. The summed E-state index contributed by atoms with van der Waals surface area (Å²) in [5.74, 6) is 1.02. The highest BCUT2D eigenvalue weighted by Crippen LogP contribution is 2.46. The van der Waals surface area contributed by atoms with E-state index in [2.05, 4.69) is 63.5 Å². The van der Waals surface area contributed by atoms with Gasteiger partial charge in [-0.25, -0.2) is 4.68 Å². The van der Waals surface area contributed by atoms with Crippen molar-refractivity contribution >= 4 is 22.8 Å². The topological polar surface area (TPSA) is 30.7 Å². The first-order valence-corrected chi connectivity index (χ1v) is 9.35. The van der Waals surface area contributed by atoms with Gasteiger partial charge in [-0.15, -0.1) is 16.9 Å².